The molecule has 0 saturated carbocycles. The molecule has 0 fully saturated rings. The normalized spacial score (nSPS) is 12.6. The first-order chi connectivity index (χ1) is 10.6. The number of benzene rings is 2. The second-order valence-electron chi connectivity index (χ2n) is 5.55. The van der Waals surface area contributed by atoms with Crippen LogP contribution in [-0.2, 0) is 12.8 Å². The van der Waals surface area contributed by atoms with Crippen molar-refractivity contribution in [3.05, 3.63) is 59.2 Å². The molecule has 0 radical (unpaired) electrons. The molecule has 22 heavy (non-hydrogen) atoms. The standard InChI is InChI=1S/C18H18N2OS/c1-12(21)14-5-3-7-16(10-14)19-18(22)20-17-9-8-13-4-2-6-15(13)11-17/h3,5,7-11H,2,4,6H2,1H3,(H2,19,20,22). The van der Waals surface area contributed by atoms with E-state index in [1.165, 1.54) is 24.0 Å². The molecule has 0 amide bonds. The first kappa shape index (κ1) is 14.7. The number of carbonyl (C=O) groups is 1. The van der Waals surface area contributed by atoms with Gasteiger partial charge < -0.3 is 10.6 Å². The predicted octanol–water partition coefficient (Wildman–Crippen LogP) is 4.19. The van der Waals surface area contributed by atoms with Gasteiger partial charge in [0.25, 0.3) is 0 Å². The number of Topliss-reactive ketones (excluding diaryl/α,β-unsaturated/α-hetero) is 1. The van der Waals surface area contributed by atoms with Gasteiger partial charge in [-0.05, 0) is 73.8 Å². The summed E-state index contributed by atoms with van der Waals surface area (Å²) in [6.45, 7) is 1.56. The Bertz CT molecular complexity index is 740. The zero-order valence-electron chi connectivity index (χ0n) is 12.5. The molecule has 0 heterocycles. The molecule has 1 aliphatic carbocycles. The molecule has 0 spiro atoms. The van der Waals surface area contributed by atoms with Gasteiger partial charge >= 0.3 is 0 Å². The van der Waals surface area contributed by atoms with Gasteiger partial charge in [-0.2, -0.15) is 0 Å². The molecular formula is C18H18N2OS. The topological polar surface area (TPSA) is 41.1 Å². The van der Waals surface area contributed by atoms with Crippen LogP contribution in [0, 0.1) is 0 Å². The van der Waals surface area contributed by atoms with Crippen LogP contribution in [0.5, 0.6) is 0 Å². The summed E-state index contributed by atoms with van der Waals surface area (Å²) in [4.78, 5) is 11.4. The number of carbonyl (C=O) groups excluding carboxylic acids is 1. The van der Waals surface area contributed by atoms with Crippen molar-refractivity contribution in [1.82, 2.24) is 0 Å². The molecule has 2 aromatic rings. The van der Waals surface area contributed by atoms with Crippen LogP contribution in [0.2, 0.25) is 0 Å². The van der Waals surface area contributed by atoms with Crippen molar-refractivity contribution in [1.29, 1.82) is 0 Å². The summed E-state index contributed by atoms with van der Waals surface area (Å²) in [5, 5.41) is 6.85. The third-order valence-electron chi connectivity index (χ3n) is 3.88. The van der Waals surface area contributed by atoms with Gasteiger partial charge in [-0.1, -0.05) is 18.2 Å². The van der Waals surface area contributed by atoms with Gasteiger partial charge in [0, 0.05) is 16.9 Å². The Kier molecular flexibility index (Phi) is 4.20. The molecule has 0 bridgehead atoms. The van der Waals surface area contributed by atoms with Gasteiger partial charge in [0.2, 0.25) is 0 Å². The average Bonchev–Trinajstić information content (AvgIpc) is 2.95. The highest BCUT2D eigenvalue weighted by Gasteiger charge is 2.11. The van der Waals surface area contributed by atoms with Crippen LogP contribution in [0.25, 0.3) is 0 Å². The summed E-state index contributed by atoms with van der Waals surface area (Å²) in [7, 11) is 0. The Morgan fingerprint density at radius 3 is 2.50 bits per heavy atom. The van der Waals surface area contributed by atoms with Crippen LogP contribution in [-0.4, -0.2) is 10.9 Å². The van der Waals surface area contributed by atoms with E-state index in [1.807, 2.05) is 12.1 Å². The molecule has 0 aromatic heterocycles. The number of thiocarbonyl (C=S) groups is 1. The molecule has 0 unspecified atom stereocenters. The first-order valence-corrected chi connectivity index (χ1v) is 7.83. The maximum Gasteiger partial charge on any atom is 0.175 e. The third kappa shape index (κ3) is 3.34. The number of hydrogen-bond acceptors (Lipinski definition) is 2. The van der Waals surface area contributed by atoms with Gasteiger partial charge in [0.15, 0.2) is 10.9 Å². The monoisotopic (exact) mass is 310 g/mol. The van der Waals surface area contributed by atoms with Gasteiger partial charge in [-0.15, -0.1) is 0 Å². The molecule has 2 aromatic carbocycles. The maximum atomic E-state index is 11.4. The fraction of sp³-hybridized carbons (Fsp3) is 0.222. The van der Waals surface area contributed by atoms with Gasteiger partial charge in [0.1, 0.15) is 0 Å². The molecule has 1 aliphatic rings. The van der Waals surface area contributed by atoms with E-state index >= 15 is 0 Å². The molecule has 3 rings (SSSR count). The minimum absolute atomic E-state index is 0.0427. The fourth-order valence-corrected chi connectivity index (χ4v) is 2.99. The van der Waals surface area contributed by atoms with E-state index < -0.39 is 0 Å². The lowest BCUT2D eigenvalue weighted by Gasteiger charge is -2.12. The number of nitrogens with one attached hydrogen (secondary N) is 2. The SMILES string of the molecule is CC(=O)c1cccc(NC(=S)Nc2ccc3c(c2)CCC3)c1. The molecule has 0 saturated heterocycles. The van der Waals surface area contributed by atoms with E-state index in [4.69, 9.17) is 12.2 Å². The third-order valence-corrected chi connectivity index (χ3v) is 4.09. The van der Waals surface area contributed by atoms with Crippen molar-refractivity contribution in [2.24, 2.45) is 0 Å². The minimum atomic E-state index is 0.0427. The maximum absolute atomic E-state index is 11.4. The van der Waals surface area contributed by atoms with Crippen LogP contribution in [0.3, 0.4) is 0 Å². The number of aryl methyl sites for hydroxylation is 2. The summed E-state index contributed by atoms with van der Waals surface area (Å²) in [6, 6.07) is 13.7. The Morgan fingerprint density at radius 2 is 1.73 bits per heavy atom. The van der Waals surface area contributed by atoms with Crippen molar-refractivity contribution < 1.29 is 4.79 Å². The Hall–Kier alpha value is -2.20. The second-order valence-corrected chi connectivity index (χ2v) is 5.96. The van der Waals surface area contributed by atoms with Crippen LogP contribution in [0.15, 0.2) is 42.5 Å². The predicted molar refractivity (Wildman–Crippen MR) is 94.8 cm³/mol. The van der Waals surface area contributed by atoms with Crippen LogP contribution >= 0.6 is 12.2 Å². The van der Waals surface area contributed by atoms with E-state index in [0.29, 0.717) is 10.7 Å². The minimum Gasteiger partial charge on any atom is -0.332 e. The molecule has 0 atom stereocenters. The number of fused-ring (bicyclic) bond motifs is 1. The van der Waals surface area contributed by atoms with E-state index in [0.717, 1.165) is 17.8 Å². The van der Waals surface area contributed by atoms with Gasteiger partial charge in [-0.25, -0.2) is 0 Å². The van der Waals surface area contributed by atoms with E-state index in [1.54, 1.807) is 19.1 Å². The van der Waals surface area contributed by atoms with Crippen molar-refractivity contribution in [2.75, 3.05) is 10.6 Å². The summed E-state index contributed by atoms with van der Waals surface area (Å²) in [6.07, 6.45) is 3.56. The quantitative estimate of drug-likeness (QED) is 0.659. The van der Waals surface area contributed by atoms with Crippen LogP contribution in [0.1, 0.15) is 34.8 Å². The summed E-state index contributed by atoms with van der Waals surface area (Å²) < 4.78 is 0. The molecule has 112 valence electrons. The largest absolute Gasteiger partial charge is 0.332 e. The number of anilines is 2. The average molecular weight is 310 g/mol. The highest BCUT2D eigenvalue weighted by molar-refractivity contribution is 7.80. The zero-order valence-corrected chi connectivity index (χ0v) is 13.3. The van der Waals surface area contributed by atoms with E-state index in [9.17, 15) is 4.79 Å². The number of hydrogen-bond donors (Lipinski definition) is 2. The Morgan fingerprint density at radius 1 is 1.00 bits per heavy atom. The molecular weight excluding hydrogens is 292 g/mol. The molecule has 0 aliphatic heterocycles. The zero-order chi connectivity index (χ0) is 15.5. The van der Waals surface area contributed by atoms with Crippen molar-refractivity contribution in [3.63, 3.8) is 0 Å². The first-order valence-electron chi connectivity index (χ1n) is 7.42. The van der Waals surface area contributed by atoms with Gasteiger partial charge in [0.05, 0.1) is 0 Å². The van der Waals surface area contributed by atoms with Gasteiger partial charge in [-0.3, -0.25) is 4.79 Å². The van der Waals surface area contributed by atoms with Crippen LogP contribution < -0.4 is 10.6 Å². The number of ketones is 1. The lowest BCUT2D eigenvalue weighted by molar-refractivity contribution is 0.101. The Labute approximate surface area is 135 Å². The fourth-order valence-electron chi connectivity index (χ4n) is 2.76. The van der Waals surface area contributed by atoms with Crippen molar-refractivity contribution in [3.8, 4) is 0 Å². The summed E-state index contributed by atoms with van der Waals surface area (Å²) in [5.41, 5.74) is 5.34. The lowest BCUT2D eigenvalue weighted by Crippen LogP contribution is -2.19. The van der Waals surface area contributed by atoms with Crippen LogP contribution in [0.4, 0.5) is 11.4 Å². The Balaban J connectivity index is 1.67. The highest BCUT2D eigenvalue weighted by Crippen LogP contribution is 2.25. The molecule has 3 nitrogen and oxygen atoms in total. The second kappa shape index (κ2) is 6.28. The smallest absolute Gasteiger partial charge is 0.175 e. The van der Waals surface area contributed by atoms with Crippen molar-refractivity contribution >= 4 is 34.5 Å². The molecule has 4 heteroatoms. The van der Waals surface area contributed by atoms with Crippen molar-refractivity contribution in [2.45, 2.75) is 26.2 Å². The highest BCUT2D eigenvalue weighted by atomic mass is 32.1. The van der Waals surface area contributed by atoms with E-state index in [-0.39, 0.29) is 5.78 Å². The lowest BCUT2D eigenvalue weighted by atomic mass is 10.1. The summed E-state index contributed by atoms with van der Waals surface area (Å²) >= 11 is 5.35. The molecule has 2 N–H and O–H groups in total. The number of rotatable bonds is 3. The summed E-state index contributed by atoms with van der Waals surface area (Å²) in [5.74, 6) is 0.0427. The van der Waals surface area contributed by atoms with E-state index in [2.05, 4.69) is 28.8 Å².